The van der Waals surface area contributed by atoms with Crippen LogP contribution in [0.15, 0.2) is 46.7 Å². The van der Waals surface area contributed by atoms with Crippen LogP contribution in [0, 0.1) is 0 Å². The van der Waals surface area contributed by atoms with Gasteiger partial charge in [0, 0.05) is 22.0 Å². The molecule has 0 spiro atoms. The lowest BCUT2D eigenvalue weighted by Gasteiger charge is -2.09. The lowest BCUT2D eigenvalue weighted by Crippen LogP contribution is -2.30. The Kier molecular flexibility index (Phi) is 5.73. The standard InChI is InChI=1S/C14H13F3N2OS2/c15-14(16,17)22-12-4-1-3-10(9-12)19-13(20)18-7-6-11-5-2-8-21-11/h1-5,8-9H,6-7H2,(H2,18,19,20). The highest BCUT2D eigenvalue weighted by atomic mass is 32.2. The SMILES string of the molecule is O=C(NCCc1cccs1)Nc1cccc(SC(F)(F)F)c1. The highest BCUT2D eigenvalue weighted by Gasteiger charge is 2.29. The minimum atomic E-state index is -4.35. The third kappa shape index (κ3) is 5.98. The van der Waals surface area contributed by atoms with Crippen molar-refractivity contribution in [3.05, 3.63) is 46.7 Å². The summed E-state index contributed by atoms with van der Waals surface area (Å²) in [5, 5.41) is 7.14. The van der Waals surface area contributed by atoms with Crippen molar-refractivity contribution in [3.8, 4) is 0 Å². The number of hydrogen-bond donors (Lipinski definition) is 2. The van der Waals surface area contributed by atoms with Gasteiger partial charge in [-0.05, 0) is 47.8 Å². The fourth-order valence-electron chi connectivity index (χ4n) is 1.70. The van der Waals surface area contributed by atoms with Gasteiger partial charge < -0.3 is 10.6 Å². The average molecular weight is 346 g/mol. The number of thioether (sulfide) groups is 1. The van der Waals surface area contributed by atoms with Crippen LogP contribution in [0.2, 0.25) is 0 Å². The van der Waals surface area contributed by atoms with Crippen LogP contribution in [0.3, 0.4) is 0 Å². The third-order valence-electron chi connectivity index (χ3n) is 2.56. The van der Waals surface area contributed by atoms with Crippen molar-refractivity contribution in [1.82, 2.24) is 5.32 Å². The molecule has 1 aromatic heterocycles. The molecule has 1 aromatic carbocycles. The Bertz CT molecular complexity index is 615. The van der Waals surface area contributed by atoms with Gasteiger partial charge in [-0.3, -0.25) is 0 Å². The number of alkyl halides is 3. The zero-order chi connectivity index (χ0) is 16.0. The number of amides is 2. The van der Waals surface area contributed by atoms with E-state index in [0.717, 1.165) is 11.3 Å². The molecular formula is C14H13F3N2OS2. The van der Waals surface area contributed by atoms with Crippen LogP contribution in [0.4, 0.5) is 23.7 Å². The van der Waals surface area contributed by atoms with Crippen LogP contribution in [0.25, 0.3) is 0 Å². The van der Waals surface area contributed by atoms with Gasteiger partial charge in [-0.2, -0.15) is 13.2 Å². The monoisotopic (exact) mass is 346 g/mol. The Hall–Kier alpha value is -1.67. The number of benzene rings is 1. The topological polar surface area (TPSA) is 41.1 Å². The van der Waals surface area contributed by atoms with Crippen molar-refractivity contribution in [2.75, 3.05) is 11.9 Å². The Labute approximate surface area is 133 Å². The summed E-state index contributed by atoms with van der Waals surface area (Å²) >= 11 is 1.39. The molecule has 1 heterocycles. The molecule has 22 heavy (non-hydrogen) atoms. The van der Waals surface area contributed by atoms with Crippen molar-refractivity contribution in [1.29, 1.82) is 0 Å². The van der Waals surface area contributed by atoms with E-state index in [2.05, 4.69) is 10.6 Å². The van der Waals surface area contributed by atoms with Crippen molar-refractivity contribution in [2.24, 2.45) is 0 Å². The molecule has 0 radical (unpaired) electrons. The second-order valence-electron chi connectivity index (χ2n) is 4.29. The molecule has 0 unspecified atom stereocenters. The molecule has 2 amide bonds. The molecule has 0 fully saturated rings. The van der Waals surface area contributed by atoms with Gasteiger partial charge in [0.2, 0.25) is 0 Å². The van der Waals surface area contributed by atoms with E-state index in [-0.39, 0.29) is 16.7 Å². The Morgan fingerprint density at radius 3 is 2.73 bits per heavy atom. The Balaban J connectivity index is 1.82. The second-order valence-corrected chi connectivity index (χ2v) is 6.46. The first-order valence-electron chi connectivity index (χ1n) is 6.35. The minimum Gasteiger partial charge on any atom is -0.338 e. The van der Waals surface area contributed by atoms with Crippen molar-refractivity contribution in [2.45, 2.75) is 16.8 Å². The number of nitrogens with one attached hydrogen (secondary N) is 2. The molecule has 2 aromatic rings. The summed E-state index contributed by atoms with van der Waals surface area (Å²) in [7, 11) is 0. The number of carbonyl (C=O) groups excluding carboxylic acids is 1. The van der Waals surface area contributed by atoms with Crippen LogP contribution in [0.1, 0.15) is 4.88 Å². The molecule has 0 atom stereocenters. The van der Waals surface area contributed by atoms with E-state index in [4.69, 9.17) is 0 Å². The van der Waals surface area contributed by atoms with Crippen molar-refractivity contribution in [3.63, 3.8) is 0 Å². The normalized spacial score (nSPS) is 11.2. The largest absolute Gasteiger partial charge is 0.446 e. The third-order valence-corrected chi connectivity index (χ3v) is 4.22. The van der Waals surface area contributed by atoms with Crippen LogP contribution in [-0.2, 0) is 6.42 Å². The first-order chi connectivity index (χ1) is 10.4. The molecule has 2 rings (SSSR count). The van der Waals surface area contributed by atoms with Gasteiger partial charge in [-0.1, -0.05) is 12.1 Å². The number of rotatable bonds is 5. The van der Waals surface area contributed by atoms with Crippen LogP contribution < -0.4 is 10.6 Å². The fourth-order valence-corrected chi connectivity index (χ4v) is 3.01. The maximum Gasteiger partial charge on any atom is 0.446 e. The lowest BCUT2D eigenvalue weighted by molar-refractivity contribution is -0.0328. The maximum atomic E-state index is 12.3. The molecule has 0 aliphatic carbocycles. The van der Waals surface area contributed by atoms with E-state index >= 15 is 0 Å². The number of halogens is 3. The zero-order valence-corrected chi connectivity index (χ0v) is 12.9. The molecule has 0 saturated heterocycles. The van der Waals surface area contributed by atoms with E-state index in [1.807, 2.05) is 17.5 Å². The Morgan fingerprint density at radius 1 is 1.23 bits per heavy atom. The van der Waals surface area contributed by atoms with Crippen LogP contribution in [0.5, 0.6) is 0 Å². The van der Waals surface area contributed by atoms with Crippen LogP contribution in [-0.4, -0.2) is 18.1 Å². The second kappa shape index (κ2) is 7.55. The summed E-state index contributed by atoms with van der Waals surface area (Å²) in [6, 6.07) is 9.11. The van der Waals surface area contributed by atoms with E-state index < -0.39 is 11.5 Å². The molecule has 118 valence electrons. The summed E-state index contributed by atoms with van der Waals surface area (Å²) in [4.78, 5) is 12.9. The van der Waals surface area contributed by atoms with Gasteiger partial charge in [-0.15, -0.1) is 11.3 Å². The molecule has 0 bridgehead atoms. The molecule has 3 nitrogen and oxygen atoms in total. The van der Waals surface area contributed by atoms with Gasteiger partial charge in [0.1, 0.15) is 0 Å². The first kappa shape index (κ1) is 16.7. The number of thiophene rings is 1. The van der Waals surface area contributed by atoms with Gasteiger partial charge in [-0.25, -0.2) is 4.79 Å². The fraction of sp³-hybridized carbons (Fsp3) is 0.214. The number of hydrogen-bond acceptors (Lipinski definition) is 3. The first-order valence-corrected chi connectivity index (χ1v) is 8.05. The highest BCUT2D eigenvalue weighted by Crippen LogP contribution is 2.37. The molecule has 2 N–H and O–H groups in total. The van der Waals surface area contributed by atoms with Gasteiger partial charge in [0.15, 0.2) is 0 Å². The minimum absolute atomic E-state index is 0.0314. The van der Waals surface area contributed by atoms with Gasteiger partial charge in [0.05, 0.1) is 0 Å². The highest BCUT2D eigenvalue weighted by molar-refractivity contribution is 8.00. The molecule has 8 heteroatoms. The average Bonchev–Trinajstić information content (AvgIpc) is 2.90. The summed E-state index contributed by atoms with van der Waals surface area (Å²) in [5.74, 6) is 0. The quantitative estimate of drug-likeness (QED) is 0.769. The lowest BCUT2D eigenvalue weighted by atomic mass is 10.3. The predicted octanol–water partition coefficient (Wildman–Crippen LogP) is 4.72. The van der Waals surface area contributed by atoms with E-state index in [9.17, 15) is 18.0 Å². The van der Waals surface area contributed by atoms with Crippen LogP contribution >= 0.6 is 23.1 Å². The van der Waals surface area contributed by atoms with Gasteiger partial charge in [0.25, 0.3) is 0 Å². The summed E-state index contributed by atoms with van der Waals surface area (Å²) in [5.41, 5.74) is -4.02. The molecule has 0 saturated carbocycles. The summed E-state index contributed by atoms with van der Waals surface area (Å²) < 4.78 is 36.9. The van der Waals surface area contributed by atoms with E-state index in [1.54, 1.807) is 17.4 Å². The number of urea groups is 1. The number of anilines is 1. The smallest absolute Gasteiger partial charge is 0.338 e. The van der Waals surface area contributed by atoms with E-state index in [0.29, 0.717) is 12.2 Å². The van der Waals surface area contributed by atoms with Crippen molar-refractivity contribution >= 4 is 34.8 Å². The maximum absolute atomic E-state index is 12.3. The number of carbonyl (C=O) groups is 1. The van der Waals surface area contributed by atoms with E-state index in [1.165, 1.54) is 18.2 Å². The molecule has 0 aliphatic rings. The molecular weight excluding hydrogens is 333 g/mol. The summed E-state index contributed by atoms with van der Waals surface area (Å²) in [6.07, 6.45) is 0.717. The van der Waals surface area contributed by atoms with Gasteiger partial charge >= 0.3 is 11.5 Å². The Morgan fingerprint density at radius 2 is 2.05 bits per heavy atom. The van der Waals surface area contributed by atoms with Crippen molar-refractivity contribution < 1.29 is 18.0 Å². The zero-order valence-electron chi connectivity index (χ0n) is 11.3. The summed E-state index contributed by atoms with van der Waals surface area (Å²) in [6.45, 7) is 0.462. The predicted molar refractivity (Wildman–Crippen MR) is 83.4 cm³/mol. The molecule has 0 aliphatic heterocycles.